The highest BCUT2D eigenvalue weighted by Gasteiger charge is 2.53. The van der Waals surface area contributed by atoms with Crippen molar-refractivity contribution < 1.29 is 44.0 Å². The maximum absolute atomic E-state index is 13.2. The second-order valence-corrected chi connectivity index (χ2v) is 12.1. The minimum absolute atomic E-state index is 0.0205. The molecule has 0 saturated carbocycles. The quantitative estimate of drug-likeness (QED) is 0.0410. The van der Waals surface area contributed by atoms with E-state index in [1.807, 2.05) is 0 Å². The predicted octanol–water partition coefficient (Wildman–Crippen LogP) is -2.94. The number of pyridine rings is 1. The van der Waals surface area contributed by atoms with Crippen molar-refractivity contribution in [2.45, 2.75) is 30.9 Å². The van der Waals surface area contributed by atoms with Gasteiger partial charge >= 0.3 is 0 Å². The molecular weight excluding hydrogens is 628 g/mol. The number of rotatable bonds is 11. The first kappa shape index (κ1) is 31.6. The van der Waals surface area contributed by atoms with Gasteiger partial charge in [0.15, 0.2) is 23.2 Å². The Morgan fingerprint density at radius 3 is 2.67 bits per heavy atom. The number of amides is 4. The van der Waals surface area contributed by atoms with Crippen LogP contribution in [0.3, 0.4) is 0 Å². The van der Waals surface area contributed by atoms with Crippen LogP contribution in [0.1, 0.15) is 17.7 Å². The van der Waals surface area contributed by atoms with Crippen molar-refractivity contribution >= 4 is 63.5 Å². The van der Waals surface area contributed by atoms with Crippen LogP contribution in [0.2, 0.25) is 0 Å². The number of nitrogens with two attached hydrogens (primary N) is 1. The number of nitrogens with zero attached hydrogens (tertiary/aromatic N) is 5. The number of hydrogen-bond donors (Lipinski definition) is 5. The first-order chi connectivity index (χ1) is 21.6. The number of aromatic nitrogens is 2. The maximum atomic E-state index is 13.2. The third-order valence-corrected chi connectivity index (χ3v) is 9.19. The number of carbonyl (C=O) groups is 5. The lowest BCUT2D eigenvalue weighted by Gasteiger charge is -2.50. The number of nitrogen functional groups attached to an aromatic ring is 1. The van der Waals surface area contributed by atoms with E-state index in [2.05, 4.69) is 20.8 Å². The number of carboxylic acid groups (broad SMARTS) is 1. The second kappa shape index (κ2) is 13.4. The van der Waals surface area contributed by atoms with Crippen LogP contribution >= 0.6 is 23.1 Å². The number of likely N-dealkylation sites (tertiary alicyclic amines) is 1. The number of carbonyl (C=O) groups excluding carboxylic acids is 5. The zero-order valence-corrected chi connectivity index (χ0v) is 25.2. The molecule has 5 heterocycles. The van der Waals surface area contributed by atoms with Crippen LogP contribution in [0.4, 0.5) is 5.13 Å². The highest BCUT2D eigenvalue weighted by atomic mass is 32.2. The number of hydrogen-bond acceptors (Lipinski definition) is 13. The molecule has 2 fully saturated rings. The number of carboxylic acids is 1. The van der Waals surface area contributed by atoms with Crippen LogP contribution in [0, 0.1) is 0 Å². The monoisotopic (exact) mass is 656 g/mol. The van der Waals surface area contributed by atoms with E-state index in [9.17, 15) is 34.3 Å². The van der Waals surface area contributed by atoms with Crippen LogP contribution in [-0.2, 0) is 37.1 Å². The lowest BCUT2D eigenvalue weighted by molar-refractivity contribution is -0.684. The van der Waals surface area contributed by atoms with Crippen LogP contribution in [0.5, 0.6) is 0 Å². The summed E-state index contributed by atoms with van der Waals surface area (Å²) in [6.45, 7) is 0.812. The van der Waals surface area contributed by atoms with E-state index in [0.717, 1.165) is 21.8 Å². The second-order valence-electron chi connectivity index (χ2n) is 10.1. The van der Waals surface area contributed by atoms with E-state index in [4.69, 9.17) is 10.8 Å². The normalized spacial score (nSPS) is 20.7. The third kappa shape index (κ3) is 6.66. The molecule has 45 heavy (non-hydrogen) atoms. The summed E-state index contributed by atoms with van der Waals surface area (Å²) < 4.78 is 1.67. The fourth-order valence-corrected chi connectivity index (χ4v) is 6.91. The highest BCUT2D eigenvalue weighted by Crippen LogP contribution is 2.41. The molecule has 0 spiro atoms. The molecule has 0 aromatic carbocycles. The Labute approximate surface area is 263 Å². The molecule has 3 aliphatic heterocycles. The Balaban J connectivity index is 1.24. The van der Waals surface area contributed by atoms with E-state index in [1.54, 1.807) is 34.0 Å². The number of aliphatic hydroxyl groups excluding tert-OH is 1. The summed E-state index contributed by atoms with van der Waals surface area (Å²) in [5.74, 6) is -3.56. The van der Waals surface area contributed by atoms with Crippen molar-refractivity contribution in [3.05, 3.63) is 64.1 Å². The third-order valence-electron chi connectivity index (χ3n) is 7.21. The zero-order valence-electron chi connectivity index (χ0n) is 23.5. The fraction of sp³-hybridized carbons (Fsp3) is 0.333. The van der Waals surface area contributed by atoms with E-state index < -0.39 is 34.9 Å². The lowest BCUT2D eigenvalue weighted by atomic mass is 10.0. The van der Waals surface area contributed by atoms with Crippen molar-refractivity contribution in [3.8, 4) is 0 Å². The molecule has 0 radical (unpaired) electrons. The van der Waals surface area contributed by atoms with Gasteiger partial charge in [-0.1, -0.05) is 5.16 Å². The molecular formula is C27H28N8O8S2. The van der Waals surface area contributed by atoms with Gasteiger partial charge in [-0.25, -0.2) is 4.98 Å². The standard InChI is InChI=1S/C27H28N8O8S2/c28-27-30-17(13-45-27)19(32-43)22(38)31-20-24(40)35-21(26(41)42)16(12-44-25(20)35)9-15-3-7-34(23(15)39)10-14-1-5-33(6-2-14)11-18(37)29-4-8-36/h1-2,5-6,9,13,20,25,36H,3-4,7-8,10-12H2,(H5-,28,29,30,31,37,38,41,42,43)/b15-9+/t20-,25-/m1/s1. The van der Waals surface area contributed by atoms with Crippen LogP contribution in [0.15, 0.2) is 58.0 Å². The Hall–Kier alpha value is -4.81. The smallest absolute Gasteiger partial charge is 0.286 e. The number of thioether (sulfide) groups is 1. The molecule has 2 saturated heterocycles. The van der Waals surface area contributed by atoms with E-state index in [0.29, 0.717) is 25.1 Å². The summed E-state index contributed by atoms with van der Waals surface area (Å²) in [6.07, 6.45) is 5.28. The molecule has 16 nitrogen and oxygen atoms in total. The number of fused-ring (bicyclic) bond motifs is 1. The van der Waals surface area contributed by atoms with Gasteiger partial charge in [0.25, 0.3) is 17.7 Å². The number of nitrogens with one attached hydrogen (secondary N) is 2. The number of anilines is 1. The highest BCUT2D eigenvalue weighted by molar-refractivity contribution is 8.00. The van der Waals surface area contributed by atoms with Gasteiger partial charge in [0.1, 0.15) is 17.1 Å². The minimum Gasteiger partial charge on any atom is -0.543 e. The van der Waals surface area contributed by atoms with Crippen LogP contribution in [-0.4, -0.2) is 97.3 Å². The van der Waals surface area contributed by atoms with Gasteiger partial charge in [-0.3, -0.25) is 24.1 Å². The molecule has 0 bridgehead atoms. The Kier molecular flexibility index (Phi) is 9.45. The summed E-state index contributed by atoms with van der Waals surface area (Å²) >= 11 is 2.24. The average molecular weight is 657 g/mol. The topological polar surface area (TPSA) is 235 Å². The number of aliphatic carboxylic acids is 1. The molecule has 0 aliphatic carbocycles. The molecule has 5 rings (SSSR count). The fourth-order valence-electron chi connectivity index (χ4n) is 5.06. The van der Waals surface area contributed by atoms with Gasteiger partial charge in [-0.05, 0) is 23.6 Å². The zero-order chi connectivity index (χ0) is 32.2. The molecule has 236 valence electrons. The largest absolute Gasteiger partial charge is 0.543 e. The summed E-state index contributed by atoms with van der Waals surface area (Å²) in [6, 6.07) is 2.48. The Bertz CT molecular complexity index is 1640. The Morgan fingerprint density at radius 2 is 2.02 bits per heavy atom. The predicted molar refractivity (Wildman–Crippen MR) is 157 cm³/mol. The SMILES string of the molecule is Nc1nc(/C(=N/O)C(=O)N[C@@H]2C(=O)N3C(C(=O)[O-])=C(/C=C4\CCN(Cc5cc[n+](CC(=O)NCCO)cc5)C4=O)CS[C@H]23)cs1. The molecule has 18 heteroatoms. The Morgan fingerprint density at radius 1 is 1.27 bits per heavy atom. The van der Waals surface area contributed by atoms with E-state index in [-0.39, 0.29) is 59.4 Å². The van der Waals surface area contributed by atoms with Crippen molar-refractivity contribution in [2.24, 2.45) is 5.16 Å². The summed E-state index contributed by atoms with van der Waals surface area (Å²) in [5, 5.41) is 39.1. The van der Waals surface area contributed by atoms with Crippen molar-refractivity contribution in [3.63, 3.8) is 0 Å². The lowest BCUT2D eigenvalue weighted by Crippen LogP contribution is -2.71. The molecule has 6 N–H and O–H groups in total. The van der Waals surface area contributed by atoms with Gasteiger partial charge in [0.05, 0.1) is 18.3 Å². The van der Waals surface area contributed by atoms with Gasteiger partial charge in [-0.15, -0.1) is 23.1 Å². The maximum Gasteiger partial charge on any atom is 0.286 e. The number of thiazole rings is 1. The molecule has 2 aromatic rings. The summed E-state index contributed by atoms with van der Waals surface area (Å²) in [4.78, 5) is 69.5. The number of allylic oxidation sites excluding steroid dienone is 1. The summed E-state index contributed by atoms with van der Waals surface area (Å²) in [5.41, 5.74) is 6.24. The molecule has 4 amide bonds. The minimum atomic E-state index is -1.59. The van der Waals surface area contributed by atoms with Crippen molar-refractivity contribution in [1.82, 2.24) is 25.4 Å². The van der Waals surface area contributed by atoms with Gasteiger partial charge < -0.3 is 41.5 Å². The molecule has 3 aliphatic rings. The number of aliphatic hydroxyl groups is 1. The van der Waals surface area contributed by atoms with Crippen LogP contribution in [0.25, 0.3) is 0 Å². The van der Waals surface area contributed by atoms with E-state index >= 15 is 0 Å². The number of oxime groups is 1. The van der Waals surface area contributed by atoms with Gasteiger partial charge in [-0.2, -0.15) is 4.57 Å². The molecule has 2 aromatic heterocycles. The van der Waals surface area contributed by atoms with Crippen molar-refractivity contribution in [2.75, 3.05) is 31.2 Å². The van der Waals surface area contributed by atoms with E-state index in [1.165, 1.54) is 23.2 Å². The number of β-lactam (4-membered cyclic amide) rings is 1. The average Bonchev–Trinajstić information content (AvgIpc) is 3.60. The first-order valence-electron chi connectivity index (χ1n) is 13.6. The van der Waals surface area contributed by atoms with Crippen LogP contribution < -0.4 is 26.0 Å². The van der Waals surface area contributed by atoms with Gasteiger partial charge in [0, 0.05) is 48.5 Å². The first-order valence-corrected chi connectivity index (χ1v) is 15.5. The molecule has 0 unspecified atom stereocenters. The van der Waals surface area contributed by atoms with Gasteiger partial charge in [0.2, 0.25) is 12.5 Å². The molecule has 2 atom stereocenters. The summed E-state index contributed by atoms with van der Waals surface area (Å²) in [7, 11) is 0. The van der Waals surface area contributed by atoms with Crippen molar-refractivity contribution in [1.29, 1.82) is 0 Å².